The highest BCUT2D eigenvalue weighted by Gasteiger charge is 2.18. The molecule has 3 rings (SSSR count). The Bertz CT molecular complexity index is 724. The first kappa shape index (κ1) is 16.7. The number of amides is 1. The molecule has 0 aliphatic carbocycles. The molecule has 2 heterocycles. The van der Waals surface area contributed by atoms with E-state index < -0.39 is 0 Å². The van der Waals surface area contributed by atoms with Crippen LogP contribution in [0.25, 0.3) is 0 Å². The average molecular weight is 345 g/mol. The lowest BCUT2D eigenvalue weighted by molar-refractivity contribution is 0.102. The molecule has 1 fully saturated rings. The maximum Gasteiger partial charge on any atom is 0.276 e. The quantitative estimate of drug-likeness (QED) is 0.916. The minimum Gasteiger partial charge on any atom is -0.355 e. The van der Waals surface area contributed by atoms with Crippen molar-refractivity contribution < 1.29 is 4.79 Å². The zero-order valence-corrected chi connectivity index (χ0v) is 14.7. The maximum atomic E-state index is 12.3. The zero-order chi connectivity index (χ0) is 17.1. The summed E-state index contributed by atoms with van der Waals surface area (Å²) >= 11 is 6.08. The fraction of sp³-hybridized carbons (Fsp3) is 0.389. The van der Waals surface area contributed by atoms with E-state index in [0.717, 1.165) is 43.2 Å². The third kappa shape index (κ3) is 3.67. The Morgan fingerprint density at radius 1 is 1.21 bits per heavy atom. The molecule has 0 spiro atoms. The van der Waals surface area contributed by atoms with Crippen LogP contribution in [0.15, 0.2) is 30.3 Å². The number of benzene rings is 1. The average Bonchev–Trinajstić information content (AvgIpc) is 2.60. The van der Waals surface area contributed by atoms with Crippen LogP contribution in [0, 0.1) is 12.8 Å². The standard InChI is InChI=1S/C18H21ClN4O/c1-12-8-10-23(11-9-12)17-7-6-16(21-22-17)18(24)20-15-5-3-4-14(19)13(15)2/h3-7,12H,8-11H2,1-2H3,(H,20,24). The highest BCUT2D eigenvalue weighted by Crippen LogP contribution is 2.24. The first-order valence-electron chi connectivity index (χ1n) is 8.19. The number of hydrogen-bond donors (Lipinski definition) is 1. The van der Waals surface area contributed by atoms with E-state index in [1.54, 1.807) is 18.2 Å². The minimum atomic E-state index is -0.285. The van der Waals surface area contributed by atoms with E-state index in [-0.39, 0.29) is 5.91 Å². The highest BCUT2D eigenvalue weighted by molar-refractivity contribution is 6.31. The van der Waals surface area contributed by atoms with Gasteiger partial charge in [-0.25, -0.2) is 0 Å². The molecule has 5 nitrogen and oxygen atoms in total. The van der Waals surface area contributed by atoms with Crippen molar-refractivity contribution in [1.82, 2.24) is 10.2 Å². The lowest BCUT2D eigenvalue weighted by atomic mass is 9.99. The summed E-state index contributed by atoms with van der Waals surface area (Å²) < 4.78 is 0. The van der Waals surface area contributed by atoms with Crippen LogP contribution in [0.1, 0.15) is 35.8 Å². The Kier molecular flexibility index (Phi) is 5.00. The van der Waals surface area contributed by atoms with Crippen molar-refractivity contribution in [3.8, 4) is 0 Å². The largest absolute Gasteiger partial charge is 0.355 e. The van der Waals surface area contributed by atoms with Crippen molar-refractivity contribution in [3.63, 3.8) is 0 Å². The smallest absolute Gasteiger partial charge is 0.276 e. The fourth-order valence-electron chi connectivity index (χ4n) is 2.78. The molecule has 0 radical (unpaired) electrons. The number of halogens is 1. The van der Waals surface area contributed by atoms with Gasteiger partial charge >= 0.3 is 0 Å². The molecular weight excluding hydrogens is 324 g/mol. The predicted octanol–water partition coefficient (Wildman–Crippen LogP) is 3.93. The van der Waals surface area contributed by atoms with Crippen LogP contribution in [-0.2, 0) is 0 Å². The second-order valence-corrected chi connectivity index (χ2v) is 6.72. The number of nitrogens with one attached hydrogen (secondary N) is 1. The Labute approximate surface area is 147 Å². The Morgan fingerprint density at radius 2 is 1.96 bits per heavy atom. The second kappa shape index (κ2) is 7.18. The lowest BCUT2D eigenvalue weighted by Gasteiger charge is -2.30. The fourth-order valence-corrected chi connectivity index (χ4v) is 2.96. The molecule has 1 N–H and O–H groups in total. The van der Waals surface area contributed by atoms with Gasteiger partial charge in [-0.1, -0.05) is 24.6 Å². The monoisotopic (exact) mass is 344 g/mol. The number of aromatic nitrogens is 2. The summed E-state index contributed by atoms with van der Waals surface area (Å²) in [6.45, 7) is 6.12. The van der Waals surface area contributed by atoms with Crippen LogP contribution in [0.3, 0.4) is 0 Å². The van der Waals surface area contributed by atoms with Gasteiger partial charge < -0.3 is 10.2 Å². The molecule has 1 saturated heterocycles. The van der Waals surface area contributed by atoms with Crippen molar-refractivity contribution >= 4 is 29.0 Å². The Morgan fingerprint density at radius 3 is 2.62 bits per heavy atom. The molecule has 0 saturated carbocycles. The van der Waals surface area contributed by atoms with E-state index in [2.05, 4.69) is 27.3 Å². The number of rotatable bonds is 3. The van der Waals surface area contributed by atoms with Crippen LogP contribution in [0.5, 0.6) is 0 Å². The van der Waals surface area contributed by atoms with Gasteiger partial charge in [0, 0.05) is 23.8 Å². The van der Waals surface area contributed by atoms with Crippen LogP contribution < -0.4 is 10.2 Å². The maximum absolute atomic E-state index is 12.3. The summed E-state index contributed by atoms with van der Waals surface area (Å²) in [4.78, 5) is 14.6. The summed E-state index contributed by atoms with van der Waals surface area (Å²) in [5, 5.41) is 11.8. The molecule has 1 aromatic carbocycles. The van der Waals surface area contributed by atoms with Crippen molar-refractivity contribution in [2.45, 2.75) is 26.7 Å². The third-order valence-corrected chi connectivity index (χ3v) is 4.92. The van der Waals surface area contributed by atoms with Gasteiger partial charge in [0.05, 0.1) is 0 Å². The number of anilines is 2. The van der Waals surface area contributed by atoms with Gasteiger partial charge in [-0.3, -0.25) is 4.79 Å². The molecule has 1 aliphatic rings. The van der Waals surface area contributed by atoms with E-state index in [1.165, 1.54) is 0 Å². The molecule has 0 atom stereocenters. The molecular formula is C18H21ClN4O. The highest BCUT2D eigenvalue weighted by atomic mass is 35.5. The van der Waals surface area contributed by atoms with Gasteiger partial charge in [-0.15, -0.1) is 10.2 Å². The lowest BCUT2D eigenvalue weighted by Crippen LogP contribution is -2.33. The van der Waals surface area contributed by atoms with Crippen molar-refractivity contribution in [1.29, 1.82) is 0 Å². The van der Waals surface area contributed by atoms with Gasteiger partial charge in [0.15, 0.2) is 11.5 Å². The third-order valence-electron chi connectivity index (χ3n) is 4.51. The second-order valence-electron chi connectivity index (χ2n) is 6.31. The molecule has 1 aliphatic heterocycles. The normalized spacial score (nSPS) is 15.4. The molecule has 24 heavy (non-hydrogen) atoms. The van der Waals surface area contributed by atoms with E-state index in [0.29, 0.717) is 16.4 Å². The van der Waals surface area contributed by atoms with Crippen LogP contribution in [0.2, 0.25) is 5.02 Å². The molecule has 126 valence electrons. The van der Waals surface area contributed by atoms with Crippen molar-refractivity contribution in [2.24, 2.45) is 5.92 Å². The Balaban J connectivity index is 1.69. The van der Waals surface area contributed by atoms with E-state index in [1.807, 2.05) is 19.1 Å². The summed E-state index contributed by atoms with van der Waals surface area (Å²) in [5.41, 5.74) is 1.81. The summed E-state index contributed by atoms with van der Waals surface area (Å²) in [7, 11) is 0. The molecule has 1 amide bonds. The van der Waals surface area contributed by atoms with Gasteiger partial charge in [-0.05, 0) is 55.5 Å². The number of carbonyl (C=O) groups is 1. The van der Waals surface area contributed by atoms with E-state index >= 15 is 0 Å². The van der Waals surface area contributed by atoms with Gasteiger partial charge in [-0.2, -0.15) is 0 Å². The number of nitrogens with zero attached hydrogens (tertiary/aromatic N) is 3. The zero-order valence-electron chi connectivity index (χ0n) is 13.9. The van der Waals surface area contributed by atoms with Gasteiger partial charge in [0.1, 0.15) is 0 Å². The molecule has 0 unspecified atom stereocenters. The predicted molar refractivity (Wildman–Crippen MR) is 96.8 cm³/mol. The number of piperidine rings is 1. The Hall–Kier alpha value is -2.14. The van der Waals surface area contributed by atoms with Gasteiger partial charge in [0.2, 0.25) is 0 Å². The SMILES string of the molecule is Cc1c(Cl)cccc1NC(=O)c1ccc(N2CCC(C)CC2)nn1. The van der Waals surface area contributed by atoms with Crippen LogP contribution >= 0.6 is 11.6 Å². The minimum absolute atomic E-state index is 0.285. The topological polar surface area (TPSA) is 58.1 Å². The van der Waals surface area contributed by atoms with Gasteiger partial charge in [0.25, 0.3) is 5.91 Å². The molecule has 2 aromatic rings. The molecule has 6 heteroatoms. The van der Waals surface area contributed by atoms with Crippen molar-refractivity contribution in [2.75, 3.05) is 23.3 Å². The number of carbonyl (C=O) groups excluding carboxylic acids is 1. The first-order valence-corrected chi connectivity index (χ1v) is 8.57. The summed E-state index contributed by atoms with van der Waals surface area (Å²) in [5.74, 6) is 1.31. The van der Waals surface area contributed by atoms with Crippen molar-refractivity contribution in [3.05, 3.63) is 46.6 Å². The first-order chi connectivity index (χ1) is 11.5. The van der Waals surface area contributed by atoms with Crippen LogP contribution in [0.4, 0.5) is 11.5 Å². The van der Waals surface area contributed by atoms with E-state index in [4.69, 9.17) is 11.6 Å². The number of hydrogen-bond acceptors (Lipinski definition) is 4. The summed E-state index contributed by atoms with van der Waals surface area (Å²) in [6, 6.07) is 8.99. The molecule has 0 bridgehead atoms. The van der Waals surface area contributed by atoms with Crippen LogP contribution in [-0.4, -0.2) is 29.2 Å². The molecule has 1 aromatic heterocycles. The van der Waals surface area contributed by atoms with E-state index in [9.17, 15) is 4.79 Å². The summed E-state index contributed by atoms with van der Waals surface area (Å²) in [6.07, 6.45) is 2.33.